The second-order valence-electron chi connectivity index (χ2n) is 4.56. The maximum atomic E-state index is 5.28. The quantitative estimate of drug-likeness (QED) is 0.879. The zero-order valence-electron chi connectivity index (χ0n) is 11.1. The molecule has 0 radical (unpaired) electrons. The molecule has 4 nitrogen and oxygen atoms in total. The van der Waals surface area contributed by atoms with Crippen molar-refractivity contribution in [3.63, 3.8) is 0 Å². The van der Waals surface area contributed by atoms with Crippen molar-refractivity contribution in [2.24, 2.45) is 0 Å². The van der Waals surface area contributed by atoms with Crippen LogP contribution >= 0.6 is 0 Å². The van der Waals surface area contributed by atoms with Gasteiger partial charge >= 0.3 is 0 Å². The lowest BCUT2D eigenvalue weighted by atomic mass is 10.1. The van der Waals surface area contributed by atoms with Crippen LogP contribution in [0.25, 0.3) is 11.4 Å². The van der Waals surface area contributed by atoms with Gasteiger partial charge in [-0.15, -0.1) is 0 Å². The lowest BCUT2D eigenvalue weighted by molar-refractivity contribution is 0.369. The first-order chi connectivity index (χ1) is 8.70. The molecule has 2 rings (SSSR count). The third kappa shape index (κ3) is 2.96. The third-order valence-electron chi connectivity index (χ3n) is 3.14. The number of rotatable bonds is 5. The molecule has 0 saturated carbocycles. The second kappa shape index (κ2) is 5.78. The molecule has 2 aromatic rings. The van der Waals surface area contributed by atoms with Crippen LogP contribution in [0.1, 0.15) is 24.8 Å². The van der Waals surface area contributed by atoms with Gasteiger partial charge in [0, 0.05) is 18.0 Å². The van der Waals surface area contributed by atoms with E-state index >= 15 is 0 Å². The summed E-state index contributed by atoms with van der Waals surface area (Å²) >= 11 is 0. The van der Waals surface area contributed by atoms with E-state index in [2.05, 4.69) is 35.4 Å². The molecule has 0 saturated heterocycles. The number of hydrogen-bond acceptors (Lipinski definition) is 4. The summed E-state index contributed by atoms with van der Waals surface area (Å²) in [7, 11) is 1.96. The van der Waals surface area contributed by atoms with Gasteiger partial charge in [0.25, 0.3) is 0 Å². The fourth-order valence-corrected chi connectivity index (χ4v) is 1.77. The fraction of sp³-hybridized carbons (Fsp3) is 0.429. The molecule has 0 bridgehead atoms. The average Bonchev–Trinajstić information content (AvgIpc) is 2.85. The van der Waals surface area contributed by atoms with Gasteiger partial charge in [0.05, 0.1) is 0 Å². The number of nitrogens with one attached hydrogen (secondary N) is 1. The summed E-state index contributed by atoms with van der Waals surface area (Å²) in [6, 6.07) is 8.52. The Morgan fingerprint density at radius 1 is 1.33 bits per heavy atom. The minimum Gasteiger partial charge on any atom is -0.339 e. The Kier molecular flexibility index (Phi) is 4.10. The number of nitrogens with zero attached hydrogens (tertiary/aromatic N) is 2. The highest BCUT2D eigenvalue weighted by atomic mass is 16.5. The molecular formula is C14H19N3O. The standard InChI is InChI=1S/C14H19N3O/c1-10-6-4-5-7-12(10)14-16-13(18-17-14)9-8-11(2)15-3/h4-7,11,15H,8-9H2,1-3H3. The molecule has 1 unspecified atom stereocenters. The van der Waals surface area contributed by atoms with Crippen molar-refractivity contribution in [1.29, 1.82) is 0 Å². The van der Waals surface area contributed by atoms with Crippen molar-refractivity contribution in [2.75, 3.05) is 7.05 Å². The topological polar surface area (TPSA) is 51.0 Å². The second-order valence-corrected chi connectivity index (χ2v) is 4.56. The van der Waals surface area contributed by atoms with E-state index in [9.17, 15) is 0 Å². The van der Waals surface area contributed by atoms with Crippen LogP contribution in [0.4, 0.5) is 0 Å². The Morgan fingerprint density at radius 3 is 2.83 bits per heavy atom. The Balaban J connectivity index is 2.09. The first-order valence-corrected chi connectivity index (χ1v) is 6.26. The minimum atomic E-state index is 0.457. The van der Waals surface area contributed by atoms with Gasteiger partial charge in [-0.25, -0.2) is 0 Å². The third-order valence-corrected chi connectivity index (χ3v) is 3.14. The van der Waals surface area contributed by atoms with E-state index in [0.29, 0.717) is 17.8 Å². The largest absolute Gasteiger partial charge is 0.339 e. The molecule has 18 heavy (non-hydrogen) atoms. The summed E-state index contributed by atoms with van der Waals surface area (Å²) in [6.07, 6.45) is 1.80. The van der Waals surface area contributed by atoms with Crippen molar-refractivity contribution < 1.29 is 4.52 Å². The van der Waals surface area contributed by atoms with Crippen LogP contribution in [0.5, 0.6) is 0 Å². The zero-order chi connectivity index (χ0) is 13.0. The molecule has 0 aliphatic carbocycles. The van der Waals surface area contributed by atoms with E-state index < -0.39 is 0 Å². The van der Waals surface area contributed by atoms with Gasteiger partial charge in [-0.2, -0.15) is 4.98 Å². The summed E-state index contributed by atoms with van der Waals surface area (Å²) in [5, 5.41) is 7.24. The number of hydrogen-bond donors (Lipinski definition) is 1. The highest BCUT2D eigenvalue weighted by Crippen LogP contribution is 2.20. The Labute approximate surface area is 107 Å². The SMILES string of the molecule is CNC(C)CCc1nc(-c2ccccc2C)no1. The van der Waals surface area contributed by atoms with E-state index in [0.717, 1.165) is 24.0 Å². The van der Waals surface area contributed by atoms with Gasteiger partial charge in [0.2, 0.25) is 11.7 Å². The number of aryl methyl sites for hydroxylation is 2. The van der Waals surface area contributed by atoms with Crippen molar-refractivity contribution >= 4 is 0 Å². The molecule has 1 N–H and O–H groups in total. The molecule has 1 heterocycles. The summed E-state index contributed by atoms with van der Waals surface area (Å²) in [5.74, 6) is 1.38. The summed E-state index contributed by atoms with van der Waals surface area (Å²) in [4.78, 5) is 4.44. The fourth-order valence-electron chi connectivity index (χ4n) is 1.77. The average molecular weight is 245 g/mol. The van der Waals surface area contributed by atoms with Crippen molar-refractivity contribution in [3.05, 3.63) is 35.7 Å². The molecular weight excluding hydrogens is 226 g/mol. The Morgan fingerprint density at radius 2 is 2.11 bits per heavy atom. The molecule has 0 aliphatic heterocycles. The molecule has 1 atom stereocenters. The lowest BCUT2D eigenvalue weighted by Crippen LogP contribution is -2.21. The van der Waals surface area contributed by atoms with Gasteiger partial charge in [-0.1, -0.05) is 29.4 Å². The minimum absolute atomic E-state index is 0.457. The smallest absolute Gasteiger partial charge is 0.227 e. The lowest BCUT2D eigenvalue weighted by Gasteiger charge is -2.06. The van der Waals surface area contributed by atoms with E-state index in [-0.39, 0.29) is 0 Å². The van der Waals surface area contributed by atoms with E-state index in [4.69, 9.17) is 4.52 Å². The van der Waals surface area contributed by atoms with Gasteiger partial charge in [-0.05, 0) is 32.9 Å². The summed E-state index contributed by atoms with van der Waals surface area (Å²) < 4.78 is 5.28. The molecule has 1 aromatic heterocycles. The van der Waals surface area contributed by atoms with Gasteiger partial charge < -0.3 is 9.84 Å². The molecule has 0 spiro atoms. The van der Waals surface area contributed by atoms with Crippen LogP contribution < -0.4 is 5.32 Å². The monoisotopic (exact) mass is 245 g/mol. The molecule has 1 aromatic carbocycles. The van der Waals surface area contributed by atoms with Crippen LogP contribution in [0, 0.1) is 6.92 Å². The highest BCUT2D eigenvalue weighted by Gasteiger charge is 2.11. The van der Waals surface area contributed by atoms with Crippen LogP contribution in [0.15, 0.2) is 28.8 Å². The van der Waals surface area contributed by atoms with E-state index in [1.165, 1.54) is 0 Å². The Hall–Kier alpha value is -1.68. The Bertz CT molecular complexity index is 507. The van der Waals surface area contributed by atoms with E-state index in [1.54, 1.807) is 0 Å². The normalized spacial score (nSPS) is 12.6. The van der Waals surface area contributed by atoms with Gasteiger partial charge in [0.15, 0.2) is 0 Å². The first-order valence-electron chi connectivity index (χ1n) is 6.26. The van der Waals surface area contributed by atoms with E-state index in [1.807, 2.05) is 25.2 Å². The zero-order valence-corrected chi connectivity index (χ0v) is 11.1. The maximum Gasteiger partial charge on any atom is 0.227 e. The number of aromatic nitrogens is 2. The van der Waals surface area contributed by atoms with Crippen molar-refractivity contribution in [1.82, 2.24) is 15.5 Å². The van der Waals surface area contributed by atoms with Crippen LogP contribution in [-0.4, -0.2) is 23.2 Å². The molecule has 4 heteroatoms. The van der Waals surface area contributed by atoms with Crippen LogP contribution in [-0.2, 0) is 6.42 Å². The number of benzene rings is 1. The van der Waals surface area contributed by atoms with Crippen LogP contribution in [0.2, 0.25) is 0 Å². The highest BCUT2D eigenvalue weighted by molar-refractivity contribution is 5.58. The molecule has 96 valence electrons. The van der Waals surface area contributed by atoms with Gasteiger partial charge in [-0.3, -0.25) is 0 Å². The van der Waals surface area contributed by atoms with Crippen LogP contribution in [0.3, 0.4) is 0 Å². The predicted octanol–water partition coefficient (Wildman–Crippen LogP) is 2.59. The van der Waals surface area contributed by atoms with Gasteiger partial charge in [0.1, 0.15) is 0 Å². The summed E-state index contributed by atoms with van der Waals surface area (Å²) in [6.45, 7) is 4.19. The van der Waals surface area contributed by atoms with Crippen molar-refractivity contribution in [2.45, 2.75) is 32.7 Å². The predicted molar refractivity (Wildman–Crippen MR) is 71.3 cm³/mol. The van der Waals surface area contributed by atoms with Crippen molar-refractivity contribution in [3.8, 4) is 11.4 Å². The molecule has 0 amide bonds. The maximum absolute atomic E-state index is 5.28. The first kappa shape index (κ1) is 12.8. The molecule has 0 aliphatic rings. The molecule has 0 fully saturated rings. The summed E-state index contributed by atoms with van der Waals surface area (Å²) in [5.41, 5.74) is 2.20.